The zero-order valence-electron chi connectivity index (χ0n) is 17.3. The molecule has 0 saturated carbocycles. The molecule has 1 aromatic heterocycles. The van der Waals surface area contributed by atoms with Crippen LogP contribution in [0.4, 0.5) is 0 Å². The summed E-state index contributed by atoms with van der Waals surface area (Å²) in [4.78, 5) is 17.9. The summed E-state index contributed by atoms with van der Waals surface area (Å²) < 4.78 is 5.81. The number of benzene rings is 1. The van der Waals surface area contributed by atoms with Gasteiger partial charge in [0.2, 0.25) is 0 Å². The van der Waals surface area contributed by atoms with E-state index < -0.39 is 0 Å². The first-order chi connectivity index (χ1) is 13.3. The molecule has 152 valence electrons. The summed E-state index contributed by atoms with van der Waals surface area (Å²) in [5.41, 5.74) is 3.86. The first-order valence-electron chi connectivity index (χ1n) is 10.1. The zero-order chi connectivity index (χ0) is 20.3. The summed E-state index contributed by atoms with van der Waals surface area (Å²) in [5.74, 6) is 0.498. The fourth-order valence-corrected chi connectivity index (χ4v) is 3.93. The van der Waals surface area contributed by atoms with Crippen LogP contribution in [0.25, 0.3) is 10.9 Å². The summed E-state index contributed by atoms with van der Waals surface area (Å²) in [6.45, 7) is 11.2. The Hall–Kier alpha value is -1.92. The first-order valence-corrected chi connectivity index (χ1v) is 10.5. The highest BCUT2D eigenvalue weighted by molar-refractivity contribution is 7.80. The quantitative estimate of drug-likeness (QED) is 0.724. The molecule has 5 nitrogen and oxygen atoms in total. The number of nitrogens with one attached hydrogen (secondary N) is 2. The maximum absolute atomic E-state index is 12.8. The molecule has 0 unspecified atom stereocenters. The van der Waals surface area contributed by atoms with Crippen molar-refractivity contribution in [1.29, 1.82) is 0 Å². The second kappa shape index (κ2) is 9.05. The molecule has 2 heterocycles. The predicted octanol–water partition coefficient (Wildman–Crippen LogP) is 3.66. The van der Waals surface area contributed by atoms with E-state index in [0.717, 1.165) is 48.0 Å². The number of nitrogens with zero attached hydrogens (tertiary/aromatic N) is 1. The van der Waals surface area contributed by atoms with Gasteiger partial charge in [0, 0.05) is 25.3 Å². The van der Waals surface area contributed by atoms with Crippen LogP contribution in [0.1, 0.15) is 43.4 Å². The Morgan fingerprint density at radius 1 is 1.36 bits per heavy atom. The Bertz CT molecular complexity index is 901. The van der Waals surface area contributed by atoms with Crippen molar-refractivity contribution in [1.82, 2.24) is 15.2 Å². The lowest BCUT2D eigenvalue weighted by Gasteiger charge is -2.28. The van der Waals surface area contributed by atoms with Gasteiger partial charge in [0.1, 0.15) is 0 Å². The van der Waals surface area contributed by atoms with E-state index in [1.807, 2.05) is 13.0 Å². The van der Waals surface area contributed by atoms with Gasteiger partial charge in [-0.15, -0.1) is 0 Å². The summed E-state index contributed by atoms with van der Waals surface area (Å²) >= 11 is 5.66. The average Bonchev–Trinajstić information content (AvgIpc) is 3.13. The summed E-state index contributed by atoms with van der Waals surface area (Å²) in [5, 5.41) is 5.09. The Labute approximate surface area is 172 Å². The van der Waals surface area contributed by atoms with Gasteiger partial charge in [-0.2, -0.15) is 0 Å². The van der Waals surface area contributed by atoms with Crippen molar-refractivity contribution in [3.8, 4) is 0 Å². The van der Waals surface area contributed by atoms with Crippen molar-refractivity contribution in [2.24, 2.45) is 5.92 Å². The maximum atomic E-state index is 12.8. The van der Waals surface area contributed by atoms with Gasteiger partial charge >= 0.3 is 0 Å². The molecule has 3 rings (SSSR count). The molecular weight excluding hydrogens is 370 g/mol. The minimum atomic E-state index is -0.0524. The molecule has 6 heteroatoms. The number of aryl methyl sites for hydroxylation is 2. The van der Waals surface area contributed by atoms with Crippen LogP contribution in [-0.2, 0) is 11.3 Å². The number of aromatic amines is 1. The highest BCUT2D eigenvalue weighted by Gasteiger charge is 2.22. The van der Waals surface area contributed by atoms with E-state index in [-0.39, 0.29) is 11.7 Å². The summed E-state index contributed by atoms with van der Waals surface area (Å²) in [6.07, 6.45) is 2.29. The summed E-state index contributed by atoms with van der Waals surface area (Å²) in [7, 11) is 0. The Balaban J connectivity index is 1.87. The van der Waals surface area contributed by atoms with Crippen molar-refractivity contribution >= 4 is 28.2 Å². The fraction of sp³-hybridized carbons (Fsp3) is 0.545. The standard InChI is InChI=1S/C22H31N3O2S/c1-14(2)11-23-22(28)25(13-19-6-5-7-27-19)12-18-10-17-9-15(3)8-16(4)20(17)24-21(18)26/h8-10,14,19H,5-7,11-13H2,1-4H3,(H,23,28)(H,24,26)/t19-/m0/s1. The number of rotatable bonds is 6. The highest BCUT2D eigenvalue weighted by atomic mass is 32.1. The van der Waals surface area contributed by atoms with Gasteiger partial charge in [-0.1, -0.05) is 25.5 Å². The van der Waals surface area contributed by atoms with Crippen LogP contribution in [0.2, 0.25) is 0 Å². The topological polar surface area (TPSA) is 57.4 Å². The average molecular weight is 402 g/mol. The highest BCUT2D eigenvalue weighted by Crippen LogP contribution is 2.19. The van der Waals surface area contributed by atoms with E-state index in [1.165, 1.54) is 5.56 Å². The van der Waals surface area contributed by atoms with Gasteiger partial charge in [0.05, 0.1) is 18.2 Å². The maximum Gasteiger partial charge on any atom is 0.253 e. The van der Waals surface area contributed by atoms with Gasteiger partial charge in [-0.25, -0.2) is 0 Å². The van der Waals surface area contributed by atoms with Crippen LogP contribution < -0.4 is 10.9 Å². The molecule has 1 fully saturated rings. The Morgan fingerprint density at radius 3 is 2.82 bits per heavy atom. The predicted molar refractivity (Wildman–Crippen MR) is 119 cm³/mol. The van der Waals surface area contributed by atoms with Crippen LogP contribution in [-0.4, -0.2) is 40.8 Å². The Morgan fingerprint density at radius 2 is 2.14 bits per heavy atom. The van der Waals surface area contributed by atoms with E-state index in [9.17, 15) is 4.79 Å². The third-order valence-corrected chi connectivity index (χ3v) is 5.53. The molecule has 0 spiro atoms. The van der Waals surface area contributed by atoms with Crippen LogP contribution >= 0.6 is 12.2 Å². The van der Waals surface area contributed by atoms with E-state index in [2.05, 4.69) is 48.1 Å². The van der Waals surface area contributed by atoms with Crippen LogP contribution in [0.5, 0.6) is 0 Å². The molecule has 0 bridgehead atoms. The minimum absolute atomic E-state index is 0.0524. The molecule has 0 radical (unpaired) electrons. The van der Waals surface area contributed by atoms with E-state index in [1.54, 1.807) is 0 Å². The van der Waals surface area contributed by atoms with Crippen molar-refractivity contribution in [2.45, 2.75) is 53.2 Å². The number of fused-ring (bicyclic) bond motifs is 1. The lowest BCUT2D eigenvalue weighted by molar-refractivity contribution is 0.0896. The van der Waals surface area contributed by atoms with Crippen molar-refractivity contribution in [2.75, 3.05) is 19.7 Å². The van der Waals surface area contributed by atoms with Crippen LogP contribution in [0, 0.1) is 19.8 Å². The van der Waals surface area contributed by atoms with Crippen molar-refractivity contribution in [3.63, 3.8) is 0 Å². The largest absolute Gasteiger partial charge is 0.376 e. The number of thiocarbonyl (C=S) groups is 1. The molecule has 28 heavy (non-hydrogen) atoms. The number of pyridine rings is 1. The SMILES string of the molecule is Cc1cc(C)c2[nH]c(=O)c(CN(C[C@@H]3CCCO3)C(=S)NCC(C)C)cc2c1. The van der Waals surface area contributed by atoms with Gasteiger partial charge in [0.25, 0.3) is 5.56 Å². The second-order valence-corrected chi connectivity index (χ2v) is 8.65. The van der Waals surface area contributed by atoms with E-state index in [4.69, 9.17) is 17.0 Å². The molecule has 1 aromatic carbocycles. The first kappa shape index (κ1) is 20.8. The van der Waals surface area contributed by atoms with E-state index in [0.29, 0.717) is 24.1 Å². The van der Waals surface area contributed by atoms with Crippen LogP contribution in [0.15, 0.2) is 23.0 Å². The van der Waals surface area contributed by atoms with Gasteiger partial charge < -0.3 is 19.9 Å². The monoisotopic (exact) mass is 401 g/mol. The molecule has 1 saturated heterocycles. The number of hydrogen-bond acceptors (Lipinski definition) is 3. The molecule has 2 N–H and O–H groups in total. The molecule has 2 aromatic rings. The zero-order valence-corrected chi connectivity index (χ0v) is 18.1. The van der Waals surface area contributed by atoms with Gasteiger partial charge in [-0.05, 0) is 67.9 Å². The number of aromatic nitrogens is 1. The molecular formula is C22H31N3O2S. The fourth-order valence-electron chi connectivity index (χ4n) is 3.71. The third kappa shape index (κ3) is 5.11. The molecule has 1 atom stereocenters. The van der Waals surface area contributed by atoms with Gasteiger partial charge in [0.15, 0.2) is 5.11 Å². The summed E-state index contributed by atoms with van der Waals surface area (Å²) in [6, 6.07) is 6.20. The number of hydrogen-bond donors (Lipinski definition) is 2. The molecule has 1 aliphatic heterocycles. The smallest absolute Gasteiger partial charge is 0.253 e. The van der Waals surface area contributed by atoms with Crippen LogP contribution in [0.3, 0.4) is 0 Å². The Kier molecular flexibility index (Phi) is 6.73. The molecule has 0 amide bonds. The molecule has 0 aliphatic carbocycles. The minimum Gasteiger partial charge on any atom is -0.376 e. The normalized spacial score (nSPS) is 16.7. The van der Waals surface area contributed by atoms with Gasteiger partial charge in [-0.3, -0.25) is 4.79 Å². The molecule has 1 aliphatic rings. The second-order valence-electron chi connectivity index (χ2n) is 8.27. The van der Waals surface area contributed by atoms with Crippen molar-refractivity contribution < 1.29 is 4.74 Å². The van der Waals surface area contributed by atoms with Crippen molar-refractivity contribution in [3.05, 3.63) is 45.2 Å². The lowest BCUT2D eigenvalue weighted by atomic mass is 10.1. The third-order valence-electron chi connectivity index (χ3n) is 5.13. The number of H-pyrrole nitrogens is 1. The van der Waals surface area contributed by atoms with E-state index >= 15 is 0 Å². The lowest BCUT2D eigenvalue weighted by Crippen LogP contribution is -2.44. The number of ether oxygens (including phenoxy) is 1.